The summed E-state index contributed by atoms with van der Waals surface area (Å²) in [7, 11) is 0. The highest BCUT2D eigenvalue weighted by atomic mass is 15.2. The second kappa shape index (κ2) is 5.27. The lowest BCUT2D eigenvalue weighted by Crippen LogP contribution is -2.47. The fraction of sp³-hybridized carbons (Fsp3) is 1.00. The van der Waals surface area contributed by atoms with Gasteiger partial charge in [0.05, 0.1) is 0 Å². The van der Waals surface area contributed by atoms with Gasteiger partial charge in [-0.3, -0.25) is 4.90 Å². The summed E-state index contributed by atoms with van der Waals surface area (Å²) in [6, 6.07) is 1.60. The van der Waals surface area contributed by atoms with Gasteiger partial charge in [-0.05, 0) is 37.1 Å². The Morgan fingerprint density at radius 1 is 1.18 bits per heavy atom. The van der Waals surface area contributed by atoms with E-state index in [1.807, 2.05) is 0 Å². The number of piperidine rings is 1. The highest BCUT2D eigenvalue weighted by molar-refractivity contribution is 4.94. The Balaban J connectivity index is 1.83. The van der Waals surface area contributed by atoms with Crippen molar-refractivity contribution in [3.05, 3.63) is 0 Å². The molecule has 17 heavy (non-hydrogen) atoms. The molecule has 2 atom stereocenters. The van der Waals surface area contributed by atoms with E-state index in [9.17, 15) is 0 Å². The van der Waals surface area contributed by atoms with Crippen molar-refractivity contribution in [2.45, 2.75) is 65.5 Å². The molecule has 2 saturated heterocycles. The van der Waals surface area contributed by atoms with Crippen LogP contribution in [0.3, 0.4) is 0 Å². The molecule has 2 aliphatic rings. The molecule has 100 valence electrons. The lowest BCUT2D eigenvalue weighted by molar-refractivity contribution is 0.167. The molecule has 2 fully saturated rings. The van der Waals surface area contributed by atoms with Crippen LogP contribution < -0.4 is 5.32 Å². The van der Waals surface area contributed by atoms with Crippen molar-refractivity contribution < 1.29 is 0 Å². The van der Waals surface area contributed by atoms with Crippen LogP contribution in [-0.4, -0.2) is 36.6 Å². The summed E-state index contributed by atoms with van der Waals surface area (Å²) in [5.41, 5.74) is 0.419. The molecule has 2 aliphatic heterocycles. The molecule has 0 aromatic carbocycles. The molecular formula is C15H30N2. The highest BCUT2D eigenvalue weighted by Crippen LogP contribution is 2.29. The molecule has 0 amide bonds. The first-order chi connectivity index (χ1) is 8.00. The molecule has 2 heteroatoms. The standard InChI is InChI=1S/C15H30N2/c1-12(2)15(3,4)11-16-13-8-10-17-9-6-5-7-14(13)17/h12-14,16H,5-11H2,1-4H3. The molecule has 2 nitrogen and oxygen atoms in total. The average molecular weight is 238 g/mol. The van der Waals surface area contributed by atoms with E-state index >= 15 is 0 Å². The van der Waals surface area contributed by atoms with Crippen LogP contribution in [-0.2, 0) is 0 Å². The topological polar surface area (TPSA) is 15.3 Å². The van der Waals surface area contributed by atoms with E-state index in [1.165, 1.54) is 45.3 Å². The molecule has 0 radical (unpaired) electrons. The Bertz CT molecular complexity index is 247. The number of nitrogens with zero attached hydrogens (tertiary/aromatic N) is 1. The second-order valence-corrected chi connectivity index (χ2v) is 7.02. The molecule has 0 aliphatic carbocycles. The van der Waals surface area contributed by atoms with Gasteiger partial charge in [-0.1, -0.05) is 34.1 Å². The predicted octanol–water partition coefficient (Wildman–Crippen LogP) is 2.89. The van der Waals surface area contributed by atoms with Gasteiger partial charge < -0.3 is 5.32 Å². The quantitative estimate of drug-likeness (QED) is 0.810. The molecule has 0 aromatic rings. The maximum atomic E-state index is 3.86. The molecule has 2 unspecified atom stereocenters. The molecule has 1 N–H and O–H groups in total. The zero-order valence-corrected chi connectivity index (χ0v) is 12.1. The molecule has 0 saturated carbocycles. The molecule has 0 spiro atoms. The SMILES string of the molecule is CC(C)C(C)(C)CNC1CCN2CCCCC12. The number of nitrogens with one attached hydrogen (secondary N) is 1. The van der Waals surface area contributed by atoms with Crippen LogP contribution in [0.25, 0.3) is 0 Å². The van der Waals surface area contributed by atoms with Crippen LogP contribution in [0.1, 0.15) is 53.4 Å². The van der Waals surface area contributed by atoms with E-state index < -0.39 is 0 Å². The predicted molar refractivity (Wildman–Crippen MR) is 74.2 cm³/mol. The van der Waals surface area contributed by atoms with E-state index in [0.717, 1.165) is 18.0 Å². The Morgan fingerprint density at radius 3 is 2.65 bits per heavy atom. The van der Waals surface area contributed by atoms with Crippen molar-refractivity contribution in [2.75, 3.05) is 19.6 Å². The Morgan fingerprint density at radius 2 is 1.94 bits per heavy atom. The number of rotatable bonds is 4. The summed E-state index contributed by atoms with van der Waals surface area (Å²) in [5.74, 6) is 0.749. The van der Waals surface area contributed by atoms with Crippen LogP contribution in [0.2, 0.25) is 0 Å². The van der Waals surface area contributed by atoms with Gasteiger partial charge in [0.1, 0.15) is 0 Å². The monoisotopic (exact) mass is 238 g/mol. The normalized spacial score (nSPS) is 30.9. The summed E-state index contributed by atoms with van der Waals surface area (Å²) in [4.78, 5) is 2.71. The fourth-order valence-electron chi connectivity index (χ4n) is 3.08. The zero-order chi connectivity index (χ0) is 12.5. The Labute approximate surface area is 107 Å². The molecule has 0 bridgehead atoms. The average Bonchev–Trinajstić information content (AvgIpc) is 2.69. The maximum Gasteiger partial charge on any atom is 0.0249 e. The molecule has 0 aromatic heterocycles. The van der Waals surface area contributed by atoms with Crippen LogP contribution in [0, 0.1) is 11.3 Å². The van der Waals surface area contributed by atoms with Crippen molar-refractivity contribution in [1.82, 2.24) is 10.2 Å². The van der Waals surface area contributed by atoms with Gasteiger partial charge in [-0.15, -0.1) is 0 Å². The summed E-state index contributed by atoms with van der Waals surface area (Å²) >= 11 is 0. The summed E-state index contributed by atoms with van der Waals surface area (Å²) in [6.07, 6.45) is 5.63. The van der Waals surface area contributed by atoms with Gasteiger partial charge in [0.25, 0.3) is 0 Å². The smallest absolute Gasteiger partial charge is 0.0249 e. The van der Waals surface area contributed by atoms with Gasteiger partial charge >= 0.3 is 0 Å². The third-order valence-corrected chi connectivity index (χ3v) is 5.24. The summed E-state index contributed by atoms with van der Waals surface area (Å²) in [6.45, 7) is 13.3. The van der Waals surface area contributed by atoms with Crippen LogP contribution >= 0.6 is 0 Å². The highest BCUT2D eigenvalue weighted by Gasteiger charge is 2.36. The zero-order valence-electron chi connectivity index (χ0n) is 12.1. The third kappa shape index (κ3) is 3.03. The second-order valence-electron chi connectivity index (χ2n) is 7.02. The lowest BCUT2D eigenvalue weighted by atomic mass is 9.81. The molecular weight excluding hydrogens is 208 g/mol. The minimum Gasteiger partial charge on any atom is -0.312 e. The minimum absolute atomic E-state index is 0.419. The van der Waals surface area contributed by atoms with Crippen LogP contribution in [0.4, 0.5) is 0 Å². The maximum absolute atomic E-state index is 3.86. The van der Waals surface area contributed by atoms with Gasteiger partial charge in [-0.2, -0.15) is 0 Å². The number of fused-ring (bicyclic) bond motifs is 1. The Kier molecular flexibility index (Phi) is 4.14. The van der Waals surface area contributed by atoms with E-state index in [4.69, 9.17) is 0 Å². The van der Waals surface area contributed by atoms with Crippen molar-refractivity contribution in [3.8, 4) is 0 Å². The van der Waals surface area contributed by atoms with Gasteiger partial charge in [0.2, 0.25) is 0 Å². The third-order valence-electron chi connectivity index (χ3n) is 5.24. The number of hydrogen-bond donors (Lipinski definition) is 1. The van der Waals surface area contributed by atoms with Crippen LogP contribution in [0.5, 0.6) is 0 Å². The largest absolute Gasteiger partial charge is 0.312 e. The van der Waals surface area contributed by atoms with Gasteiger partial charge in [0, 0.05) is 25.2 Å². The molecule has 2 heterocycles. The van der Waals surface area contributed by atoms with E-state index in [1.54, 1.807) is 0 Å². The van der Waals surface area contributed by atoms with E-state index in [2.05, 4.69) is 37.9 Å². The van der Waals surface area contributed by atoms with E-state index in [-0.39, 0.29) is 0 Å². The molecule has 2 rings (SSSR count). The first-order valence-electron chi connectivity index (χ1n) is 7.48. The van der Waals surface area contributed by atoms with Crippen molar-refractivity contribution in [3.63, 3.8) is 0 Å². The number of hydrogen-bond acceptors (Lipinski definition) is 2. The minimum atomic E-state index is 0.419. The van der Waals surface area contributed by atoms with Crippen molar-refractivity contribution >= 4 is 0 Å². The lowest BCUT2D eigenvalue weighted by Gasteiger charge is -2.35. The van der Waals surface area contributed by atoms with Gasteiger partial charge in [0.15, 0.2) is 0 Å². The van der Waals surface area contributed by atoms with Crippen molar-refractivity contribution in [2.24, 2.45) is 11.3 Å². The summed E-state index contributed by atoms with van der Waals surface area (Å²) in [5, 5.41) is 3.86. The Hall–Kier alpha value is -0.0800. The summed E-state index contributed by atoms with van der Waals surface area (Å²) < 4.78 is 0. The van der Waals surface area contributed by atoms with Crippen molar-refractivity contribution in [1.29, 1.82) is 0 Å². The van der Waals surface area contributed by atoms with Gasteiger partial charge in [-0.25, -0.2) is 0 Å². The first-order valence-corrected chi connectivity index (χ1v) is 7.48. The van der Waals surface area contributed by atoms with Crippen LogP contribution in [0.15, 0.2) is 0 Å². The van der Waals surface area contributed by atoms with E-state index in [0.29, 0.717) is 5.41 Å². The first kappa shape index (κ1) is 13.4. The fourth-order valence-corrected chi connectivity index (χ4v) is 3.08.